The van der Waals surface area contributed by atoms with Gasteiger partial charge in [0, 0.05) is 30.7 Å². The van der Waals surface area contributed by atoms with Gasteiger partial charge in [-0.25, -0.2) is 9.37 Å². The number of Topliss-reactive ketones (excluding diaryl/α,β-unsaturated/α-hetero) is 1. The Labute approximate surface area is 221 Å². The van der Waals surface area contributed by atoms with Gasteiger partial charge in [-0.1, -0.05) is 19.8 Å². The molecule has 2 fully saturated rings. The molecule has 0 amide bonds. The lowest BCUT2D eigenvalue weighted by atomic mass is 9.94. The van der Waals surface area contributed by atoms with E-state index in [2.05, 4.69) is 27.2 Å². The highest BCUT2D eigenvalue weighted by Crippen LogP contribution is 2.53. The maximum atomic E-state index is 13.1. The molecule has 1 spiro atoms. The Morgan fingerprint density at radius 2 is 1.84 bits per heavy atom. The molecule has 1 aliphatic carbocycles. The summed E-state index contributed by atoms with van der Waals surface area (Å²) in [6, 6.07) is 6.19. The minimum atomic E-state index is -0.289. The van der Waals surface area contributed by atoms with Crippen molar-refractivity contribution in [1.82, 2.24) is 20.2 Å². The summed E-state index contributed by atoms with van der Waals surface area (Å²) in [5, 5.41) is 10.9. The van der Waals surface area contributed by atoms with Gasteiger partial charge in [0.15, 0.2) is 0 Å². The van der Waals surface area contributed by atoms with E-state index in [-0.39, 0.29) is 11.9 Å². The molecule has 1 atom stereocenters. The normalized spacial score (nSPS) is 16.6. The number of likely N-dealkylation sites (tertiary alicyclic amines) is 1. The van der Waals surface area contributed by atoms with Crippen molar-refractivity contribution in [1.29, 1.82) is 5.41 Å². The SMILES string of the molecule is C=O.CCC(=O)CCCCC[C@H](NC)c1[nH]c(-c2ccc(F)cc2)nc1C=N.CN1CCC2(CC1)CC2. The lowest BCUT2D eigenvalue weighted by Crippen LogP contribution is -2.30. The van der Waals surface area contributed by atoms with Crippen LogP contribution >= 0.6 is 0 Å². The summed E-state index contributed by atoms with van der Waals surface area (Å²) >= 11 is 0. The molecule has 1 aliphatic heterocycles. The Morgan fingerprint density at radius 1 is 1.19 bits per heavy atom. The Balaban J connectivity index is 0.000000360. The molecule has 0 radical (unpaired) electrons. The van der Waals surface area contributed by atoms with E-state index in [1.807, 2.05) is 20.8 Å². The molecule has 1 saturated carbocycles. The van der Waals surface area contributed by atoms with Gasteiger partial charge in [0.25, 0.3) is 0 Å². The van der Waals surface area contributed by atoms with Crippen molar-refractivity contribution in [3.05, 3.63) is 41.5 Å². The van der Waals surface area contributed by atoms with Crippen molar-refractivity contribution >= 4 is 18.8 Å². The second kappa shape index (κ2) is 15.5. The average molecular weight is 514 g/mol. The summed E-state index contributed by atoms with van der Waals surface area (Å²) in [5.41, 5.74) is 3.11. The smallest absolute Gasteiger partial charge is 0.138 e. The molecule has 3 N–H and O–H groups in total. The van der Waals surface area contributed by atoms with Gasteiger partial charge in [0.05, 0.1) is 5.69 Å². The highest BCUT2D eigenvalue weighted by Gasteiger charge is 2.43. The van der Waals surface area contributed by atoms with Crippen LogP contribution < -0.4 is 5.32 Å². The van der Waals surface area contributed by atoms with E-state index < -0.39 is 0 Å². The number of piperidine rings is 1. The first-order valence-corrected chi connectivity index (χ1v) is 13.4. The number of rotatable bonds is 11. The number of unbranched alkanes of at least 4 members (excludes halogenated alkanes) is 2. The fourth-order valence-electron chi connectivity index (χ4n) is 4.75. The maximum absolute atomic E-state index is 13.1. The number of nitrogens with one attached hydrogen (secondary N) is 3. The van der Waals surface area contributed by atoms with E-state index in [9.17, 15) is 9.18 Å². The van der Waals surface area contributed by atoms with Crippen LogP contribution in [0.5, 0.6) is 0 Å². The number of ketones is 1. The number of benzene rings is 1. The number of nitrogens with zero attached hydrogens (tertiary/aromatic N) is 2. The fraction of sp³-hybridized carbons (Fsp3) is 0.586. The molecule has 1 saturated heterocycles. The second-order valence-electron chi connectivity index (χ2n) is 10.2. The molecular weight excluding hydrogens is 469 g/mol. The van der Waals surface area contributed by atoms with Crippen LogP contribution in [0.3, 0.4) is 0 Å². The van der Waals surface area contributed by atoms with Gasteiger partial charge >= 0.3 is 0 Å². The standard InChI is InChI=1S/C20H27FN4O.C8H15N.CH2O/c1-3-16(26)7-5-4-6-8-17(23-2)19-18(13-22)24-20(25-19)14-9-11-15(21)12-10-14;1-9-6-4-8(2-3-8)5-7-9;1-2/h9-13,17,22-23H,3-8H2,1-2H3,(H,24,25);2-7H2,1H3;1H2/t17-;;/m0../s1. The van der Waals surface area contributed by atoms with Crippen molar-refractivity contribution in [3.8, 4) is 11.4 Å². The minimum absolute atomic E-state index is 0.0511. The Bertz CT molecular complexity index is 961. The predicted molar refractivity (Wildman–Crippen MR) is 148 cm³/mol. The average Bonchev–Trinajstić information content (AvgIpc) is 3.56. The first-order valence-electron chi connectivity index (χ1n) is 13.4. The van der Waals surface area contributed by atoms with Gasteiger partial charge in [-0.05, 0) is 95.4 Å². The van der Waals surface area contributed by atoms with Gasteiger partial charge < -0.3 is 25.4 Å². The Morgan fingerprint density at radius 3 is 2.38 bits per heavy atom. The topological polar surface area (TPSA) is 102 Å². The van der Waals surface area contributed by atoms with Gasteiger partial charge in [0.2, 0.25) is 0 Å². The van der Waals surface area contributed by atoms with Crippen LogP contribution in [0.25, 0.3) is 11.4 Å². The van der Waals surface area contributed by atoms with Crippen LogP contribution in [0.4, 0.5) is 4.39 Å². The maximum Gasteiger partial charge on any atom is 0.138 e. The number of H-pyrrole nitrogens is 1. The lowest BCUT2D eigenvalue weighted by Gasteiger charge is -2.28. The van der Waals surface area contributed by atoms with Crippen LogP contribution in [0.1, 0.15) is 88.6 Å². The summed E-state index contributed by atoms with van der Waals surface area (Å²) < 4.78 is 13.1. The Kier molecular flexibility index (Phi) is 12.8. The van der Waals surface area contributed by atoms with Crippen molar-refractivity contribution in [2.24, 2.45) is 5.41 Å². The number of hydrogen-bond acceptors (Lipinski definition) is 6. The van der Waals surface area contributed by atoms with Gasteiger partial charge in [-0.2, -0.15) is 0 Å². The molecule has 0 unspecified atom stereocenters. The number of imidazole rings is 1. The van der Waals surface area contributed by atoms with E-state index in [4.69, 9.17) is 10.2 Å². The molecule has 2 aliphatic rings. The van der Waals surface area contributed by atoms with Crippen molar-refractivity contribution < 1.29 is 14.0 Å². The number of halogens is 1. The van der Waals surface area contributed by atoms with Crippen molar-refractivity contribution in [2.45, 2.75) is 77.2 Å². The molecule has 2 heterocycles. The third-order valence-corrected chi connectivity index (χ3v) is 7.56. The number of carbonyl (C=O) groups excluding carboxylic acids is 2. The Hall–Kier alpha value is -2.71. The molecular formula is C29H44FN5O2. The number of aromatic amines is 1. The molecule has 4 rings (SSSR count). The van der Waals surface area contributed by atoms with Crippen LogP contribution in [-0.4, -0.2) is 60.8 Å². The first-order chi connectivity index (χ1) is 17.9. The second-order valence-corrected chi connectivity index (χ2v) is 10.2. The van der Waals surface area contributed by atoms with E-state index in [1.54, 1.807) is 12.1 Å². The monoisotopic (exact) mass is 513 g/mol. The fourth-order valence-corrected chi connectivity index (χ4v) is 4.75. The zero-order valence-corrected chi connectivity index (χ0v) is 22.7. The number of carbonyl (C=O) groups is 2. The van der Waals surface area contributed by atoms with Gasteiger partial charge in [-0.3, -0.25) is 4.79 Å². The van der Waals surface area contributed by atoms with Crippen LogP contribution in [0.15, 0.2) is 24.3 Å². The third kappa shape index (κ3) is 9.59. The number of aromatic nitrogens is 2. The zero-order chi connectivity index (χ0) is 27.3. The molecule has 2 aromatic rings. The highest BCUT2D eigenvalue weighted by atomic mass is 19.1. The van der Waals surface area contributed by atoms with E-state index >= 15 is 0 Å². The molecule has 8 heteroatoms. The van der Waals surface area contributed by atoms with E-state index in [1.165, 1.54) is 57.1 Å². The quantitative estimate of drug-likeness (QED) is 0.264. The van der Waals surface area contributed by atoms with Crippen LogP contribution in [0, 0.1) is 16.6 Å². The van der Waals surface area contributed by atoms with Gasteiger partial charge in [0.1, 0.15) is 29.9 Å². The largest absolute Gasteiger partial charge is 0.340 e. The summed E-state index contributed by atoms with van der Waals surface area (Å²) in [6.45, 7) is 6.59. The molecule has 1 aromatic heterocycles. The number of hydrogen-bond donors (Lipinski definition) is 3. The van der Waals surface area contributed by atoms with E-state index in [0.717, 1.165) is 42.4 Å². The van der Waals surface area contributed by atoms with Crippen LogP contribution in [-0.2, 0) is 9.59 Å². The highest BCUT2D eigenvalue weighted by molar-refractivity contribution is 5.78. The minimum Gasteiger partial charge on any atom is -0.340 e. The lowest BCUT2D eigenvalue weighted by molar-refractivity contribution is -0.118. The third-order valence-electron chi connectivity index (χ3n) is 7.56. The molecule has 0 bridgehead atoms. The predicted octanol–water partition coefficient (Wildman–Crippen LogP) is 5.71. The van der Waals surface area contributed by atoms with E-state index in [0.29, 0.717) is 30.1 Å². The first kappa shape index (κ1) is 30.5. The summed E-state index contributed by atoms with van der Waals surface area (Å²) in [6.07, 6.45) is 12.3. The van der Waals surface area contributed by atoms with Gasteiger partial charge in [-0.15, -0.1) is 0 Å². The molecule has 204 valence electrons. The zero-order valence-electron chi connectivity index (χ0n) is 22.7. The van der Waals surface area contributed by atoms with Crippen molar-refractivity contribution in [3.63, 3.8) is 0 Å². The molecule has 7 nitrogen and oxygen atoms in total. The molecule has 37 heavy (non-hydrogen) atoms. The van der Waals surface area contributed by atoms with Crippen molar-refractivity contribution in [2.75, 3.05) is 27.2 Å². The molecule has 1 aromatic carbocycles. The van der Waals surface area contributed by atoms with Crippen LogP contribution in [0.2, 0.25) is 0 Å². The summed E-state index contributed by atoms with van der Waals surface area (Å²) in [5.74, 6) is 0.661. The summed E-state index contributed by atoms with van der Waals surface area (Å²) in [7, 11) is 4.12. The summed E-state index contributed by atoms with van der Waals surface area (Å²) in [4.78, 5) is 29.6.